The van der Waals surface area contributed by atoms with Gasteiger partial charge in [0.15, 0.2) is 0 Å². The number of rotatable bonds is 4. The van der Waals surface area contributed by atoms with Crippen molar-refractivity contribution in [3.63, 3.8) is 0 Å². The van der Waals surface area contributed by atoms with Crippen molar-refractivity contribution < 1.29 is 0 Å². The Kier molecular flexibility index (Phi) is 3.58. The first-order valence-electron chi connectivity index (χ1n) is 4.36. The van der Waals surface area contributed by atoms with Gasteiger partial charge in [-0.1, -0.05) is 5.57 Å². The molecule has 0 fully saturated rings. The van der Waals surface area contributed by atoms with Gasteiger partial charge in [0.25, 0.3) is 0 Å². The third-order valence-electron chi connectivity index (χ3n) is 1.85. The zero-order chi connectivity index (χ0) is 9.68. The molecule has 3 heteroatoms. The first-order chi connectivity index (χ1) is 6.20. The minimum atomic E-state index is -0.0228. The lowest BCUT2D eigenvalue weighted by Crippen LogP contribution is -2.12. The second kappa shape index (κ2) is 4.72. The van der Waals surface area contributed by atoms with Crippen molar-refractivity contribution in [2.24, 2.45) is 5.73 Å². The zero-order valence-electron chi connectivity index (χ0n) is 7.90. The number of hydrogen-bond acceptors (Lipinski definition) is 3. The van der Waals surface area contributed by atoms with Gasteiger partial charge in [-0.2, -0.15) is 0 Å². The molecule has 0 aliphatic carbocycles. The van der Waals surface area contributed by atoms with Crippen LogP contribution in [0.1, 0.15) is 31.5 Å². The Morgan fingerprint density at radius 1 is 1.62 bits per heavy atom. The maximum atomic E-state index is 5.90. The number of allylic oxidation sites excluding steroid dienone is 1. The van der Waals surface area contributed by atoms with E-state index in [-0.39, 0.29) is 6.04 Å². The highest BCUT2D eigenvalue weighted by Crippen LogP contribution is 2.14. The molecule has 0 bridgehead atoms. The van der Waals surface area contributed by atoms with E-state index in [9.17, 15) is 0 Å². The Morgan fingerprint density at radius 3 is 2.92 bits per heavy atom. The Bertz CT molecular complexity index is 269. The zero-order valence-corrected chi connectivity index (χ0v) is 7.90. The quantitative estimate of drug-likeness (QED) is 0.714. The van der Waals surface area contributed by atoms with Gasteiger partial charge in [0, 0.05) is 24.6 Å². The van der Waals surface area contributed by atoms with Crippen LogP contribution in [0.4, 0.5) is 0 Å². The smallest absolute Gasteiger partial charge is 0.0753 e. The summed E-state index contributed by atoms with van der Waals surface area (Å²) in [6.07, 6.45) is 6.85. The predicted octanol–water partition coefficient (Wildman–Crippen LogP) is 1.83. The van der Waals surface area contributed by atoms with E-state index in [1.165, 1.54) is 0 Å². The Morgan fingerprint density at radius 2 is 2.38 bits per heavy atom. The molecule has 1 aromatic rings. The normalized spacial score (nSPS) is 12.5. The summed E-state index contributed by atoms with van der Waals surface area (Å²) in [5.41, 5.74) is 7.90. The molecule has 0 saturated heterocycles. The van der Waals surface area contributed by atoms with Gasteiger partial charge < -0.3 is 5.73 Å². The van der Waals surface area contributed by atoms with Gasteiger partial charge >= 0.3 is 0 Å². The van der Waals surface area contributed by atoms with Gasteiger partial charge in [-0.05, 0) is 19.8 Å². The SMILES string of the molecule is C=C(C)CCC(N)c1cnccn1. The van der Waals surface area contributed by atoms with Gasteiger partial charge in [0.05, 0.1) is 5.69 Å². The molecule has 0 spiro atoms. The molecule has 0 aromatic carbocycles. The van der Waals surface area contributed by atoms with Crippen LogP contribution in [-0.2, 0) is 0 Å². The summed E-state index contributed by atoms with van der Waals surface area (Å²) in [4.78, 5) is 8.11. The van der Waals surface area contributed by atoms with Crippen molar-refractivity contribution in [3.8, 4) is 0 Å². The van der Waals surface area contributed by atoms with Crippen molar-refractivity contribution >= 4 is 0 Å². The predicted molar refractivity (Wildman–Crippen MR) is 53.0 cm³/mol. The van der Waals surface area contributed by atoms with Crippen molar-refractivity contribution in [1.29, 1.82) is 0 Å². The standard InChI is InChI=1S/C10H15N3/c1-8(2)3-4-9(11)10-7-12-5-6-13-10/h5-7,9H,1,3-4,11H2,2H3. The van der Waals surface area contributed by atoms with Crippen LogP contribution in [0.25, 0.3) is 0 Å². The van der Waals surface area contributed by atoms with E-state index in [2.05, 4.69) is 16.5 Å². The minimum absolute atomic E-state index is 0.0228. The number of hydrogen-bond donors (Lipinski definition) is 1. The van der Waals surface area contributed by atoms with Crippen LogP contribution in [0.15, 0.2) is 30.7 Å². The van der Waals surface area contributed by atoms with Crippen molar-refractivity contribution in [2.75, 3.05) is 0 Å². The molecular formula is C10H15N3. The van der Waals surface area contributed by atoms with Crippen molar-refractivity contribution in [1.82, 2.24) is 9.97 Å². The second-order valence-corrected chi connectivity index (χ2v) is 3.23. The molecule has 0 saturated carbocycles. The molecule has 1 rings (SSSR count). The van der Waals surface area contributed by atoms with E-state index in [0.717, 1.165) is 24.1 Å². The summed E-state index contributed by atoms with van der Waals surface area (Å²) in [6, 6.07) is -0.0228. The van der Waals surface area contributed by atoms with Crippen LogP contribution in [0.2, 0.25) is 0 Å². The lowest BCUT2D eigenvalue weighted by atomic mass is 10.1. The summed E-state index contributed by atoms with van der Waals surface area (Å²) >= 11 is 0. The first-order valence-corrected chi connectivity index (χ1v) is 4.36. The molecular weight excluding hydrogens is 162 g/mol. The monoisotopic (exact) mass is 177 g/mol. The molecule has 0 radical (unpaired) electrons. The fourth-order valence-corrected chi connectivity index (χ4v) is 1.05. The van der Waals surface area contributed by atoms with Crippen LogP contribution < -0.4 is 5.73 Å². The maximum Gasteiger partial charge on any atom is 0.0753 e. The molecule has 0 aliphatic rings. The average molecular weight is 177 g/mol. The largest absolute Gasteiger partial charge is 0.323 e. The molecule has 1 atom stereocenters. The average Bonchev–Trinajstić information content (AvgIpc) is 2.15. The third kappa shape index (κ3) is 3.34. The van der Waals surface area contributed by atoms with Crippen LogP contribution in [0, 0.1) is 0 Å². The Labute approximate surface area is 78.7 Å². The molecule has 2 N–H and O–H groups in total. The molecule has 1 aromatic heterocycles. The van der Waals surface area contributed by atoms with Gasteiger partial charge in [0.1, 0.15) is 0 Å². The molecule has 13 heavy (non-hydrogen) atoms. The minimum Gasteiger partial charge on any atom is -0.323 e. The highest BCUT2D eigenvalue weighted by atomic mass is 14.8. The Hall–Kier alpha value is -1.22. The highest BCUT2D eigenvalue weighted by molar-refractivity contribution is 5.02. The van der Waals surface area contributed by atoms with Crippen molar-refractivity contribution in [2.45, 2.75) is 25.8 Å². The van der Waals surface area contributed by atoms with E-state index < -0.39 is 0 Å². The summed E-state index contributed by atoms with van der Waals surface area (Å²) in [7, 11) is 0. The van der Waals surface area contributed by atoms with Gasteiger partial charge in [0.2, 0.25) is 0 Å². The van der Waals surface area contributed by atoms with Crippen LogP contribution in [-0.4, -0.2) is 9.97 Å². The second-order valence-electron chi connectivity index (χ2n) is 3.23. The number of nitrogens with two attached hydrogens (primary N) is 1. The topological polar surface area (TPSA) is 51.8 Å². The van der Waals surface area contributed by atoms with Crippen molar-refractivity contribution in [3.05, 3.63) is 36.4 Å². The fraction of sp³-hybridized carbons (Fsp3) is 0.400. The summed E-state index contributed by atoms with van der Waals surface area (Å²) < 4.78 is 0. The van der Waals surface area contributed by atoms with E-state index in [4.69, 9.17) is 5.73 Å². The molecule has 0 aliphatic heterocycles. The summed E-state index contributed by atoms with van der Waals surface area (Å²) in [5, 5.41) is 0. The van der Waals surface area contributed by atoms with Gasteiger partial charge in [-0.15, -0.1) is 6.58 Å². The number of nitrogens with zero attached hydrogens (tertiary/aromatic N) is 2. The Balaban J connectivity index is 2.49. The van der Waals surface area contributed by atoms with Crippen LogP contribution in [0.5, 0.6) is 0 Å². The first kappa shape index (κ1) is 9.86. The number of aromatic nitrogens is 2. The van der Waals surface area contributed by atoms with E-state index in [1.807, 2.05) is 6.92 Å². The fourth-order valence-electron chi connectivity index (χ4n) is 1.05. The molecule has 70 valence electrons. The molecule has 1 unspecified atom stereocenters. The van der Waals surface area contributed by atoms with Crippen LogP contribution in [0.3, 0.4) is 0 Å². The summed E-state index contributed by atoms with van der Waals surface area (Å²) in [5.74, 6) is 0. The lowest BCUT2D eigenvalue weighted by molar-refractivity contribution is 0.628. The molecule has 0 amide bonds. The van der Waals surface area contributed by atoms with E-state index in [1.54, 1.807) is 18.6 Å². The maximum absolute atomic E-state index is 5.90. The van der Waals surface area contributed by atoms with E-state index in [0.29, 0.717) is 0 Å². The molecule has 1 heterocycles. The molecule has 3 nitrogen and oxygen atoms in total. The summed E-state index contributed by atoms with van der Waals surface area (Å²) in [6.45, 7) is 5.83. The highest BCUT2D eigenvalue weighted by Gasteiger charge is 2.06. The van der Waals surface area contributed by atoms with Gasteiger partial charge in [-0.25, -0.2) is 0 Å². The van der Waals surface area contributed by atoms with Crippen LogP contribution >= 0.6 is 0 Å². The third-order valence-corrected chi connectivity index (χ3v) is 1.85. The van der Waals surface area contributed by atoms with Gasteiger partial charge in [-0.3, -0.25) is 9.97 Å². The van der Waals surface area contributed by atoms with E-state index >= 15 is 0 Å². The lowest BCUT2D eigenvalue weighted by Gasteiger charge is -2.09.